The maximum absolute atomic E-state index is 12.3. The molecule has 5 nitrogen and oxygen atoms in total. The van der Waals surface area contributed by atoms with Crippen LogP contribution < -0.4 is 10.1 Å². The summed E-state index contributed by atoms with van der Waals surface area (Å²) in [6, 6.07) is 11.4. The Morgan fingerprint density at radius 3 is 2.56 bits per heavy atom. The van der Waals surface area contributed by atoms with E-state index < -0.39 is 18.0 Å². The largest absolute Gasteiger partial charge is 0.492 e. The molecule has 0 aliphatic carbocycles. The molecule has 25 heavy (non-hydrogen) atoms. The molecule has 2 aromatic rings. The molecule has 1 atom stereocenters. The van der Waals surface area contributed by atoms with Crippen molar-refractivity contribution in [1.82, 2.24) is 0 Å². The van der Waals surface area contributed by atoms with Crippen LogP contribution in [-0.2, 0) is 9.53 Å². The van der Waals surface area contributed by atoms with Gasteiger partial charge in [-0.25, -0.2) is 4.79 Å². The van der Waals surface area contributed by atoms with Gasteiger partial charge in [-0.2, -0.15) is 0 Å². The molecule has 0 aliphatic heterocycles. The summed E-state index contributed by atoms with van der Waals surface area (Å²) in [6.07, 6.45) is -1.02. The first-order chi connectivity index (χ1) is 11.9. The Labute approximate surface area is 155 Å². The molecule has 0 aliphatic rings. The molecule has 1 N–H and O–H groups in total. The molecule has 2 rings (SSSR count). The van der Waals surface area contributed by atoms with Crippen molar-refractivity contribution in [3.63, 3.8) is 0 Å². The highest BCUT2D eigenvalue weighted by Crippen LogP contribution is 2.25. The van der Waals surface area contributed by atoms with Crippen molar-refractivity contribution in [3.05, 3.63) is 58.1 Å². The number of anilines is 1. The molecule has 0 aromatic heterocycles. The Balaban J connectivity index is 2.04. The van der Waals surface area contributed by atoms with Gasteiger partial charge in [0.2, 0.25) is 0 Å². The number of ether oxygens (including phenoxy) is 2. The highest BCUT2D eigenvalue weighted by atomic mass is 35.5. The molecule has 0 spiro atoms. The lowest BCUT2D eigenvalue weighted by molar-refractivity contribution is -0.123. The number of para-hydroxylation sites is 2. The van der Waals surface area contributed by atoms with Crippen molar-refractivity contribution in [3.8, 4) is 5.75 Å². The van der Waals surface area contributed by atoms with Crippen molar-refractivity contribution >= 4 is 40.8 Å². The molecule has 1 amide bonds. The van der Waals surface area contributed by atoms with Gasteiger partial charge in [0.25, 0.3) is 5.91 Å². The van der Waals surface area contributed by atoms with E-state index in [-0.39, 0.29) is 10.6 Å². The lowest BCUT2D eigenvalue weighted by Gasteiger charge is -2.16. The first-order valence-electron chi connectivity index (χ1n) is 7.61. The minimum atomic E-state index is -1.02. The van der Waals surface area contributed by atoms with Gasteiger partial charge in [-0.3, -0.25) is 4.79 Å². The Morgan fingerprint density at radius 2 is 1.88 bits per heavy atom. The molecule has 0 saturated heterocycles. The van der Waals surface area contributed by atoms with E-state index in [0.29, 0.717) is 23.1 Å². The van der Waals surface area contributed by atoms with Gasteiger partial charge in [-0.15, -0.1) is 0 Å². The van der Waals surface area contributed by atoms with E-state index in [9.17, 15) is 9.59 Å². The number of carbonyl (C=O) groups is 2. The molecular formula is C18H17Cl2NO4. The van der Waals surface area contributed by atoms with Crippen LogP contribution in [0.1, 0.15) is 24.2 Å². The third kappa shape index (κ3) is 5.11. The van der Waals surface area contributed by atoms with Crippen molar-refractivity contribution < 1.29 is 19.1 Å². The van der Waals surface area contributed by atoms with E-state index in [1.165, 1.54) is 25.1 Å². The van der Waals surface area contributed by atoms with Crippen LogP contribution >= 0.6 is 23.2 Å². The maximum Gasteiger partial charge on any atom is 0.340 e. The topological polar surface area (TPSA) is 64.6 Å². The van der Waals surface area contributed by atoms with Crippen molar-refractivity contribution in [2.24, 2.45) is 0 Å². The van der Waals surface area contributed by atoms with Crippen molar-refractivity contribution in [1.29, 1.82) is 0 Å². The second-order valence-electron chi connectivity index (χ2n) is 5.09. The van der Waals surface area contributed by atoms with Gasteiger partial charge in [-0.1, -0.05) is 35.3 Å². The summed E-state index contributed by atoms with van der Waals surface area (Å²) in [7, 11) is 0. The van der Waals surface area contributed by atoms with Gasteiger partial charge in [0, 0.05) is 5.02 Å². The predicted molar refractivity (Wildman–Crippen MR) is 97.6 cm³/mol. The van der Waals surface area contributed by atoms with Gasteiger partial charge < -0.3 is 14.8 Å². The van der Waals surface area contributed by atoms with Gasteiger partial charge in [0.15, 0.2) is 6.10 Å². The summed E-state index contributed by atoms with van der Waals surface area (Å²) >= 11 is 11.8. The molecule has 132 valence electrons. The first-order valence-corrected chi connectivity index (χ1v) is 8.36. The number of carbonyl (C=O) groups excluding carboxylic acids is 2. The van der Waals surface area contributed by atoms with Gasteiger partial charge in [0.1, 0.15) is 5.75 Å². The Morgan fingerprint density at radius 1 is 1.16 bits per heavy atom. The van der Waals surface area contributed by atoms with Gasteiger partial charge in [0.05, 0.1) is 22.9 Å². The van der Waals surface area contributed by atoms with Crippen LogP contribution in [0, 0.1) is 0 Å². The predicted octanol–water partition coefficient (Wildman–Crippen LogP) is 4.58. The lowest BCUT2D eigenvalue weighted by atomic mass is 10.2. The van der Waals surface area contributed by atoms with E-state index in [4.69, 9.17) is 32.7 Å². The average molecular weight is 382 g/mol. The number of benzene rings is 2. The molecule has 0 heterocycles. The highest BCUT2D eigenvalue weighted by molar-refractivity contribution is 6.36. The van der Waals surface area contributed by atoms with Gasteiger partial charge >= 0.3 is 5.97 Å². The molecular weight excluding hydrogens is 365 g/mol. The van der Waals surface area contributed by atoms with Crippen molar-refractivity contribution in [2.45, 2.75) is 20.0 Å². The summed E-state index contributed by atoms with van der Waals surface area (Å²) in [6.45, 7) is 3.78. The van der Waals surface area contributed by atoms with Crippen LogP contribution in [0.15, 0.2) is 42.5 Å². The first kappa shape index (κ1) is 19.1. The fourth-order valence-electron chi connectivity index (χ4n) is 2.02. The zero-order chi connectivity index (χ0) is 18.4. The molecule has 2 aromatic carbocycles. The number of hydrogen-bond donors (Lipinski definition) is 1. The summed E-state index contributed by atoms with van der Waals surface area (Å²) in [5.74, 6) is -0.648. The Bertz CT molecular complexity index is 779. The Kier molecular flexibility index (Phi) is 6.67. The summed E-state index contributed by atoms with van der Waals surface area (Å²) in [4.78, 5) is 24.4. The third-order valence-corrected chi connectivity index (χ3v) is 3.80. The number of nitrogens with one attached hydrogen (secondary N) is 1. The third-order valence-electron chi connectivity index (χ3n) is 3.25. The molecule has 7 heteroatoms. The van der Waals surface area contributed by atoms with Crippen LogP contribution in [0.3, 0.4) is 0 Å². The van der Waals surface area contributed by atoms with E-state index in [2.05, 4.69) is 5.32 Å². The van der Waals surface area contributed by atoms with Crippen LogP contribution in [0.5, 0.6) is 5.75 Å². The molecule has 1 unspecified atom stereocenters. The standard InChI is InChI=1S/C18H17Cl2NO4/c1-3-24-16-7-5-4-6-15(16)21-17(22)11(2)25-18(23)13-9-8-12(19)10-14(13)20/h4-11H,3H2,1-2H3,(H,21,22). The van der Waals surface area contributed by atoms with E-state index in [1.807, 2.05) is 6.92 Å². The smallest absolute Gasteiger partial charge is 0.340 e. The maximum atomic E-state index is 12.3. The van der Waals surface area contributed by atoms with E-state index in [1.54, 1.807) is 24.3 Å². The van der Waals surface area contributed by atoms with Crippen LogP contribution in [-0.4, -0.2) is 24.6 Å². The number of amides is 1. The van der Waals surface area contributed by atoms with Crippen LogP contribution in [0.2, 0.25) is 10.0 Å². The second-order valence-corrected chi connectivity index (χ2v) is 5.93. The van der Waals surface area contributed by atoms with E-state index >= 15 is 0 Å². The molecule has 0 radical (unpaired) electrons. The normalized spacial score (nSPS) is 11.5. The molecule has 0 bridgehead atoms. The van der Waals surface area contributed by atoms with Crippen LogP contribution in [0.25, 0.3) is 0 Å². The lowest BCUT2D eigenvalue weighted by Crippen LogP contribution is -2.30. The number of halogens is 2. The number of rotatable bonds is 6. The minimum absolute atomic E-state index is 0.139. The number of hydrogen-bond acceptors (Lipinski definition) is 4. The van der Waals surface area contributed by atoms with Gasteiger partial charge in [-0.05, 0) is 44.2 Å². The fraction of sp³-hybridized carbons (Fsp3) is 0.222. The molecule has 0 fully saturated rings. The van der Waals surface area contributed by atoms with Crippen molar-refractivity contribution in [2.75, 3.05) is 11.9 Å². The SMILES string of the molecule is CCOc1ccccc1NC(=O)C(C)OC(=O)c1ccc(Cl)cc1Cl. The zero-order valence-corrected chi connectivity index (χ0v) is 15.2. The quantitative estimate of drug-likeness (QED) is 0.743. The summed E-state index contributed by atoms with van der Waals surface area (Å²) in [5.41, 5.74) is 0.641. The fourth-order valence-corrected chi connectivity index (χ4v) is 2.50. The Hall–Kier alpha value is -2.24. The summed E-state index contributed by atoms with van der Waals surface area (Å²) < 4.78 is 10.6. The van der Waals surface area contributed by atoms with E-state index in [0.717, 1.165) is 0 Å². The molecule has 0 saturated carbocycles. The average Bonchev–Trinajstić information content (AvgIpc) is 2.56. The van der Waals surface area contributed by atoms with Crippen LogP contribution in [0.4, 0.5) is 5.69 Å². The second kappa shape index (κ2) is 8.74. The highest BCUT2D eigenvalue weighted by Gasteiger charge is 2.21. The minimum Gasteiger partial charge on any atom is -0.492 e. The summed E-state index contributed by atoms with van der Waals surface area (Å²) in [5, 5.41) is 3.24. The zero-order valence-electron chi connectivity index (χ0n) is 13.7. The monoisotopic (exact) mass is 381 g/mol. The number of esters is 1.